The number of aliphatic imine (C=N–C) groups is 2. The van der Waals surface area contributed by atoms with Crippen molar-refractivity contribution in [1.82, 2.24) is 15.6 Å². The third-order valence-corrected chi connectivity index (χ3v) is 4.06. The molecule has 1 aromatic carbocycles. The summed E-state index contributed by atoms with van der Waals surface area (Å²) >= 11 is 1.60. The molecule has 1 aliphatic heterocycles. The third-order valence-electron chi connectivity index (χ3n) is 3.37. The molecule has 1 heterocycles. The van der Waals surface area contributed by atoms with Crippen molar-refractivity contribution in [2.24, 2.45) is 15.1 Å². The molecule has 0 bridgehead atoms. The summed E-state index contributed by atoms with van der Waals surface area (Å²) in [5, 5.41) is 14.1. The number of hydrogen-bond acceptors (Lipinski definition) is 6. The first-order valence-electron chi connectivity index (χ1n) is 7.71. The number of amidine groups is 1. The number of hydrazone groups is 1. The highest BCUT2D eigenvalue weighted by molar-refractivity contribution is 8.13. The summed E-state index contributed by atoms with van der Waals surface area (Å²) in [5.41, 5.74) is 1.08. The van der Waals surface area contributed by atoms with Gasteiger partial charge in [-0.05, 0) is 18.2 Å². The van der Waals surface area contributed by atoms with Gasteiger partial charge in [-0.3, -0.25) is 4.99 Å². The quantitative estimate of drug-likeness (QED) is 0.491. The Labute approximate surface area is 142 Å². The highest BCUT2D eigenvalue weighted by atomic mass is 32.2. The van der Waals surface area contributed by atoms with Crippen molar-refractivity contribution < 1.29 is 0 Å². The molecule has 0 spiro atoms. The van der Waals surface area contributed by atoms with E-state index in [9.17, 15) is 0 Å². The van der Waals surface area contributed by atoms with E-state index in [2.05, 4.69) is 32.6 Å². The molecule has 2 rings (SSSR count). The van der Waals surface area contributed by atoms with Gasteiger partial charge in [-0.25, -0.2) is 10.0 Å². The molecule has 124 valence electrons. The molecule has 0 saturated heterocycles. The Morgan fingerprint density at radius 3 is 2.87 bits per heavy atom. The molecule has 1 aliphatic rings. The molecule has 0 aliphatic carbocycles. The van der Waals surface area contributed by atoms with E-state index >= 15 is 0 Å². The number of nitrogens with one attached hydrogen (secondary N) is 2. The summed E-state index contributed by atoms with van der Waals surface area (Å²) in [6, 6.07) is 10.1. The van der Waals surface area contributed by atoms with E-state index in [1.165, 1.54) is 0 Å². The van der Waals surface area contributed by atoms with Crippen molar-refractivity contribution in [3.8, 4) is 0 Å². The molecule has 7 heteroatoms. The van der Waals surface area contributed by atoms with Gasteiger partial charge in [0.1, 0.15) is 6.17 Å². The Balaban J connectivity index is 1.96. The summed E-state index contributed by atoms with van der Waals surface area (Å²) in [5.74, 6) is 0.799. The van der Waals surface area contributed by atoms with Crippen LogP contribution in [-0.2, 0) is 0 Å². The summed E-state index contributed by atoms with van der Waals surface area (Å²) in [7, 11) is 1.79. The van der Waals surface area contributed by atoms with Gasteiger partial charge in [0, 0.05) is 7.05 Å². The van der Waals surface area contributed by atoms with Crippen LogP contribution >= 0.6 is 11.8 Å². The lowest BCUT2D eigenvalue weighted by Crippen LogP contribution is -2.50. The lowest BCUT2D eigenvalue weighted by molar-refractivity contribution is 0.448. The van der Waals surface area contributed by atoms with Crippen LogP contribution in [0.15, 0.2) is 45.4 Å². The standard InChI is InChI=1S/C16H24N6S/c1-4-14(21-16(17-2)23-3)20-15-18-10-11-22(15)19-12-13-8-6-5-7-9-13/h5-9,12,14H,4,10-11H2,1-3H3,(H,17,21)(H,18,20)/b19-12+. The zero-order chi connectivity index (χ0) is 16.5. The highest BCUT2D eigenvalue weighted by Crippen LogP contribution is 2.04. The number of nitrogens with zero attached hydrogens (tertiary/aromatic N) is 4. The number of rotatable bonds is 5. The van der Waals surface area contributed by atoms with E-state index in [0.717, 1.165) is 36.2 Å². The number of thioether (sulfide) groups is 1. The van der Waals surface area contributed by atoms with Gasteiger partial charge in [0.05, 0.1) is 19.3 Å². The summed E-state index contributed by atoms with van der Waals surface area (Å²) < 4.78 is 0. The molecule has 6 nitrogen and oxygen atoms in total. The van der Waals surface area contributed by atoms with Crippen LogP contribution in [0.25, 0.3) is 0 Å². The molecule has 0 amide bonds. The fourth-order valence-electron chi connectivity index (χ4n) is 2.11. The average molecular weight is 332 g/mol. The maximum atomic E-state index is 4.53. The van der Waals surface area contributed by atoms with Crippen molar-refractivity contribution in [1.29, 1.82) is 0 Å². The van der Waals surface area contributed by atoms with Crippen LogP contribution in [0.2, 0.25) is 0 Å². The molecule has 1 atom stereocenters. The van der Waals surface area contributed by atoms with Gasteiger partial charge in [0.2, 0.25) is 5.96 Å². The minimum absolute atomic E-state index is 0.0763. The predicted octanol–water partition coefficient (Wildman–Crippen LogP) is 1.96. The van der Waals surface area contributed by atoms with E-state index in [0.29, 0.717) is 0 Å². The Hall–Kier alpha value is -2.02. The molecule has 0 saturated carbocycles. The Kier molecular flexibility index (Phi) is 6.93. The first kappa shape index (κ1) is 17.3. The Bertz CT molecular complexity index is 569. The molecule has 0 aromatic heterocycles. The topological polar surface area (TPSA) is 64.4 Å². The molecule has 1 aromatic rings. The van der Waals surface area contributed by atoms with Crippen LogP contribution in [0.4, 0.5) is 0 Å². The second-order valence-electron chi connectivity index (χ2n) is 4.97. The summed E-state index contributed by atoms with van der Waals surface area (Å²) in [6.07, 6.45) is 4.85. The van der Waals surface area contributed by atoms with Crippen LogP contribution in [-0.4, -0.2) is 54.9 Å². The fourth-order valence-corrected chi connectivity index (χ4v) is 2.55. The van der Waals surface area contributed by atoms with Crippen LogP contribution < -0.4 is 10.6 Å². The van der Waals surface area contributed by atoms with E-state index in [1.807, 2.05) is 47.8 Å². The maximum absolute atomic E-state index is 4.53. The second-order valence-corrected chi connectivity index (χ2v) is 5.76. The van der Waals surface area contributed by atoms with Crippen LogP contribution in [0.5, 0.6) is 0 Å². The predicted molar refractivity (Wildman–Crippen MR) is 100 cm³/mol. The van der Waals surface area contributed by atoms with E-state index in [1.54, 1.807) is 18.8 Å². The van der Waals surface area contributed by atoms with E-state index in [-0.39, 0.29) is 6.17 Å². The zero-order valence-corrected chi connectivity index (χ0v) is 14.7. The first-order chi connectivity index (χ1) is 11.3. The minimum atomic E-state index is 0.0763. The van der Waals surface area contributed by atoms with Crippen molar-refractivity contribution in [2.75, 3.05) is 26.4 Å². The number of hydrogen-bond donors (Lipinski definition) is 2. The van der Waals surface area contributed by atoms with Crippen LogP contribution in [0.1, 0.15) is 18.9 Å². The van der Waals surface area contributed by atoms with Gasteiger partial charge in [-0.2, -0.15) is 5.10 Å². The normalized spacial score (nSPS) is 16.6. The molecule has 0 radical (unpaired) electrons. The summed E-state index contributed by atoms with van der Waals surface area (Å²) in [6.45, 7) is 3.66. The monoisotopic (exact) mass is 332 g/mol. The molecular formula is C16H24N6S. The van der Waals surface area contributed by atoms with Gasteiger partial charge < -0.3 is 10.6 Å². The molecule has 23 heavy (non-hydrogen) atoms. The molecule has 1 unspecified atom stereocenters. The van der Waals surface area contributed by atoms with Gasteiger partial charge >= 0.3 is 0 Å². The average Bonchev–Trinajstić information content (AvgIpc) is 3.04. The molecular weight excluding hydrogens is 308 g/mol. The maximum Gasteiger partial charge on any atom is 0.216 e. The van der Waals surface area contributed by atoms with Crippen molar-refractivity contribution >= 4 is 29.1 Å². The van der Waals surface area contributed by atoms with E-state index < -0.39 is 0 Å². The van der Waals surface area contributed by atoms with E-state index in [4.69, 9.17) is 0 Å². The fraction of sp³-hybridized carbons (Fsp3) is 0.438. The van der Waals surface area contributed by atoms with Gasteiger partial charge in [0.25, 0.3) is 0 Å². The third kappa shape index (κ3) is 5.28. The Morgan fingerprint density at radius 2 is 2.22 bits per heavy atom. The minimum Gasteiger partial charge on any atom is -0.345 e. The molecule has 2 N–H and O–H groups in total. The lowest BCUT2D eigenvalue weighted by Gasteiger charge is -2.23. The summed E-state index contributed by atoms with van der Waals surface area (Å²) in [4.78, 5) is 8.72. The largest absolute Gasteiger partial charge is 0.345 e. The number of guanidine groups is 1. The van der Waals surface area contributed by atoms with Crippen molar-refractivity contribution in [3.63, 3.8) is 0 Å². The highest BCUT2D eigenvalue weighted by Gasteiger charge is 2.19. The Morgan fingerprint density at radius 1 is 1.43 bits per heavy atom. The van der Waals surface area contributed by atoms with Crippen LogP contribution in [0.3, 0.4) is 0 Å². The second kappa shape index (κ2) is 9.19. The van der Waals surface area contributed by atoms with Gasteiger partial charge in [-0.15, -0.1) is 0 Å². The van der Waals surface area contributed by atoms with Gasteiger partial charge in [-0.1, -0.05) is 49.0 Å². The lowest BCUT2D eigenvalue weighted by atomic mass is 10.2. The number of benzene rings is 1. The van der Waals surface area contributed by atoms with Gasteiger partial charge in [0.15, 0.2) is 5.17 Å². The van der Waals surface area contributed by atoms with Crippen LogP contribution in [0, 0.1) is 0 Å². The first-order valence-corrected chi connectivity index (χ1v) is 8.94. The molecule has 0 fully saturated rings. The smallest absolute Gasteiger partial charge is 0.216 e. The SMILES string of the molecule is CCC(NC(=NC)SC)NC1=NCCN1/N=C/c1ccccc1. The van der Waals surface area contributed by atoms with Crippen molar-refractivity contribution in [2.45, 2.75) is 19.5 Å². The zero-order valence-electron chi connectivity index (χ0n) is 13.9. The van der Waals surface area contributed by atoms with Crippen molar-refractivity contribution in [3.05, 3.63) is 35.9 Å².